The van der Waals surface area contributed by atoms with E-state index < -0.39 is 0 Å². The lowest BCUT2D eigenvalue weighted by molar-refractivity contribution is 0.370. The zero-order valence-electron chi connectivity index (χ0n) is 18.8. The van der Waals surface area contributed by atoms with Gasteiger partial charge in [-0.3, -0.25) is 9.80 Å². The van der Waals surface area contributed by atoms with Gasteiger partial charge in [-0.1, -0.05) is 96.8 Å². The molecule has 0 N–H and O–H groups in total. The van der Waals surface area contributed by atoms with E-state index in [1.165, 1.54) is 32.7 Å². The molecule has 0 aliphatic rings. The van der Waals surface area contributed by atoms with Gasteiger partial charge in [0, 0.05) is 13.1 Å². The fraction of sp³-hybridized carbons (Fsp3) is 0.200. The van der Waals surface area contributed by atoms with Crippen molar-refractivity contribution in [1.29, 1.82) is 0 Å². The molecule has 0 heterocycles. The molecule has 0 bridgehead atoms. The van der Waals surface area contributed by atoms with Gasteiger partial charge in [0.1, 0.15) is 0 Å². The molecular formula is C30H28N2. The first-order valence-corrected chi connectivity index (χ1v) is 11.0. The van der Waals surface area contributed by atoms with Crippen LogP contribution in [0, 0.1) is 23.7 Å². The van der Waals surface area contributed by atoms with Crippen LogP contribution in [0.4, 0.5) is 0 Å². The fourth-order valence-electron chi connectivity index (χ4n) is 3.99. The first kappa shape index (κ1) is 21.7. The largest absolute Gasteiger partial charge is 0.291 e. The molecule has 0 unspecified atom stereocenters. The second-order valence-corrected chi connectivity index (χ2v) is 8.22. The predicted octanol–water partition coefficient (Wildman–Crippen LogP) is 5.56. The number of nitrogens with zero attached hydrogens (tertiary/aromatic N) is 2. The Morgan fingerprint density at radius 2 is 0.938 bits per heavy atom. The van der Waals surface area contributed by atoms with E-state index in [4.69, 9.17) is 0 Å². The Bertz CT molecular complexity index is 1220. The maximum Gasteiger partial charge on any atom is 0.0612 e. The third-order valence-electron chi connectivity index (χ3n) is 5.58. The molecule has 0 fully saturated rings. The maximum absolute atomic E-state index is 3.18. The Morgan fingerprint density at radius 1 is 0.531 bits per heavy atom. The predicted molar refractivity (Wildman–Crippen MR) is 136 cm³/mol. The van der Waals surface area contributed by atoms with Crippen LogP contribution in [0.1, 0.15) is 11.1 Å². The SMILES string of the molecule is CN(CC#CC#CCN(C)Cc1cccc2ccccc12)Cc1cccc2ccccc12. The summed E-state index contributed by atoms with van der Waals surface area (Å²) in [6, 6.07) is 30.0. The summed E-state index contributed by atoms with van der Waals surface area (Å²) in [6.07, 6.45) is 0. The van der Waals surface area contributed by atoms with Crippen LogP contribution in [0.5, 0.6) is 0 Å². The smallest absolute Gasteiger partial charge is 0.0612 e. The average molecular weight is 417 g/mol. The van der Waals surface area contributed by atoms with E-state index in [1.807, 2.05) is 0 Å². The molecule has 0 amide bonds. The van der Waals surface area contributed by atoms with E-state index in [-0.39, 0.29) is 0 Å². The van der Waals surface area contributed by atoms with Crippen LogP contribution >= 0.6 is 0 Å². The molecule has 158 valence electrons. The van der Waals surface area contributed by atoms with E-state index >= 15 is 0 Å². The minimum atomic E-state index is 0.698. The molecule has 0 atom stereocenters. The van der Waals surface area contributed by atoms with Crippen LogP contribution in [0.2, 0.25) is 0 Å². The van der Waals surface area contributed by atoms with E-state index in [2.05, 4.69) is 133 Å². The van der Waals surface area contributed by atoms with Gasteiger partial charge < -0.3 is 0 Å². The highest BCUT2D eigenvalue weighted by Crippen LogP contribution is 2.20. The molecule has 4 aromatic rings. The molecule has 32 heavy (non-hydrogen) atoms. The fourth-order valence-corrected chi connectivity index (χ4v) is 3.99. The topological polar surface area (TPSA) is 6.48 Å². The minimum Gasteiger partial charge on any atom is -0.291 e. The van der Waals surface area contributed by atoms with Crippen LogP contribution in [0.3, 0.4) is 0 Å². The van der Waals surface area contributed by atoms with Crippen molar-refractivity contribution >= 4 is 21.5 Å². The molecular weight excluding hydrogens is 388 g/mol. The van der Waals surface area contributed by atoms with Crippen LogP contribution in [0.15, 0.2) is 84.9 Å². The molecule has 0 aromatic heterocycles. The molecule has 0 saturated carbocycles. The summed E-state index contributed by atoms with van der Waals surface area (Å²) in [5.41, 5.74) is 2.65. The third-order valence-corrected chi connectivity index (χ3v) is 5.58. The maximum atomic E-state index is 3.18. The van der Waals surface area contributed by atoms with Gasteiger partial charge in [0.05, 0.1) is 13.1 Å². The Labute approximate surface area is 191 Å². The number of hydrogen-bond acceptors (Lipinski definition) is 2. The monoisotopic (exact) mass is 416 g/mol. The lowest BCUT2D eigenvalue weighted by Crippen LogP contribution is -2.18. The molecule has 0 aliphatic heterocycles. The summed E-state index contributed by atoms with van der Waals surface area (Å²) in [7, 11) is 4.20. The zero-order valence-corrected chi connectivity index (χ0v) is 18.8. The van der Waals surface area contributed by atoms with Gasteiger partial charge in [-0.2, -0.15) is 0 Å². The van der Waals surface area contributed by atoms with Crippen molar-refractivity contribution in [3.05, 3.63) is 96.1 Å². The lowest BCUT2D eigenvalue weighted by Gasteiger charge is -2.15. The summed E-state index contributed by atoms with van der Waals surface area (Å²) in [6.45, 7) is 3.14. The normalized spacial score (nSPS) is 10.8. The molecule has 0 saturated heterocycles. The third kappa shape index (κ3) is 5.57. The molecule has 2 heteroatoms. The number of fused-ring (bicyclic) bond motifs is 2. The summed E-state index contributed by atoms with van der Waals surface area (Å²) in [5, 5.41) is 5.18. The Morgan fingerprint density at radius 3 is 1.41 bits per heavy atom. The van der Waals surface area contributed by atoms with E-state index in [1.54, 1.807) is 0 Å². The van der Waals surface area contributed by atoms with E-state index in [0.29, 0.717) is 13.1 Å². The summed E-state index contributed by atoms with van der Waals surface area (Å²) in [5.74, 6) is 12.4. The highest BCUT2D eigenvalue weighted by molar-refractivity contribution is 5.86. The Balaban J connectivity index is 1.28. The highest BCUT2D eigenvalue weighted by Gasteiger charge is 2.04. The Kier molecular flexibility index (Phi) is 7.21. The van der Waals surface area contributed by atoms with Gasteiger partial charge in [-0.15, -0.1) is 0 Å². The number of hydrogen-bond donors (Lipinski definition) is 0. The van der Waals surface area contributed by atoms with Gasteiger partial charge in [0.25, 0.3) is 0 Å². The standard InChI is InChI=1S/C30H28N2/c1-31(23-27-17-11-15-25-13-5-7-19-29(25)27)21-9-3-4-10-22-32(2)24-28-18-12-16-26-14-6-8-20-30(26)28/h5-8,11-20H,21-24H2,1-2H3. The second-order valence-electron chi connectivity index (χ2n) is 8.22. The van der Waals surface area contributed by atoms with Crippen molar-refractivity contribution in [2.45, 2.75) is 13.1 Å². The van der Waals surface area contributed by atoms with Crippen molar-refractivity contribution in [1.82, 2.24) is 9.80 Å². The van der Waals surface area contributed by atoms with E-state index in [9.17, 15) is 0 Å². The van der Waals surface area contributed by atoms with Gasteiger partial charge in [0.2, 0.25) is 0 Å². The van der Waals surface area contributed by atoms with Crippen molar-refractivity contribution in [2.24, 2.45) is 0 Å². The van der Waals surface area contributed by atoms with E-state index in [0.717, 1.165) is 13.1 Å². The summed E-state index contributed by atoms with van der Waals surface area (Å²) in [4.78, 5) is 4.45. The van der Waals surface area contributed by atoms with Crippen molar-refractivity contribution in [2.75, 3.05) is 27.2 Å². The molecule has 0 radical (unpaired) electrons. The highest BCUT2D eigenvalue weighted by atomic mass is 15.1. The second kappa shape index (κ2) is 10.7. The molecule has 0 spiro atoms. The van der Waals surface area contributed by atoms with Crippen molar-refractivity contribution < 1.29 is 0 Å². The van der Waals surface area contributed by atoms with Crippen LogP contribution < -0.4 is 0 Å². The molecule has 4 aromatic carbocycles. The van der Waals surface area contributed by atoms with Gasteiger partial charge in [-0.25, -0.2) is 0 Å². The average Bonchev–Trinajstić information content (AvgIpc) is 2.82. The minimum absolute atomic E-state index is 0.698. The van der Waals surface area contributed by atoms with Crippen molar-refractivity contribution in [3.63, 3.8) is 0 Å². The van der Waals surface area contributed by atoms with Crippen LogP contribution in [-0.4, -0.2) is 37.0 Å². The van der Waals surface area contributed by atoms with Crippen LogP contribution in [0.25, 0.3) is 21.5 Å². The number of benzene rings is 4. The first-order chi connectivity index (χ1) is 15.7. The summed E-state index contributed by atoms with van der Waals surface area (Å²) >= 11 is 0. The number of rotatable bonds is 6. The molecule has 2 nitrogen and oxygen atoms in total. The Hall–Kier alpha value is -3.56. The molecule has 0 aliphatic carbocycles. The quantitative estimate of drug-likeness (QED) is 0.380. The zero-order chi connectivity index (χ0) is 22.2. The van der Waals surface area contributed by atoms with Gasteiger partial charge in [-0.05, 0) is 58.6 Å². The molecule has 4 rings (SSSR count). The first-order valence-electron chi connectivity index (χ1n) is 11.0. The van der Waals surface area contributed by atoms with Gasteiger partial charge in [0.15, 0.2) is 0 Å². The van der Waals surface area contributed by atoms with Crippen molar-refractivity contribution in [3.8, 4) is 23.7 Å². The lowest BCUT2D eigenvalue weighted by atomic mass is 10.0. The summed E-state index contributed by atoms with van der Waals surface area (Å²) < 4.78 is 0. The van der Waals surface area contributed by atoms with Gasteiger partial charge >= 0.3 is 0 Å². The van der Waals surface area contributed by atoms with Crippen LogP contribution in [-0.2, 0) is 13.1 Å².